The quantitative estimate of drug-likeness (QED) is 0.727. The van der Waals surface area contributed by atoms with Gasteiger partial charge in [0.05, 0.1) is 0 Å². The molecular formula is C20H28N4O3. The van der Waals surface area contributed by atoms with Crippen LogP contribution in [0.4, 0.5) is 4.79 Å². The van der Waals surface area contributed by atoms with E-state index in [1.807, 2.05) is 37.3 Å². The number of rotatable bonds is 5. The molecule has 146 valence electrons. The standard InChI is InChI=1S/C20H28N4O3/c1-2-8-21-19(26)15-9-16-12-24(13-18(25)23-17(16)10-15)20(27)22-11-14-6-4-3-5-7-14/h3-7,15-17H,2,8-13H2,1H3,(H,21,26)(H,22,27)(H,23,25)/t15-,16+,17+/m0/s1. The predicted octanol–water partition coefficient (Wildman–Crippen LogP) is 1.25. The molecule has 2 fully saturated rings. The molecule has 3 atom stereocenters. The summed E-state index contributed by atoms with van der Waals surface area (Å²) in [5, 5.41) is 8.82. The molecule has 2 aliphatic rings. The second-order valence-corrected chi connectivity index (χ2v) is 7.42. The van der Waals surface area contributed by atoms with Gasteiger partial charge in [-0.05, 0) is 30.7 Å². The van der Waals surface area contributed by atoms with Gasteiger partial charge in [0.25, 0.3) is 0 Å². The first-order valence-corrected chi connectivity index (χ1v) is 9.70. The average Bonchev–Trinajstić information content (AvgIpc) is 2.99. The maximum absolute atomic E-state index is 12.6. The van der Waals surface area contributed by atoms with Gasteiger partial charge in [-0.25, -0.2) is 4.79 Å². The van der Waals surface area contributed by atoms with Crippen LogP contribution in [-0.4, -0.2) is 48.4 Å². The van der Waals surface area contributed by atoms with Crippen molar-refractivity contribution < 1.29 is 14.4 Å². The fourth-order valence-electron chi connectivity index (χ4n) is 3.92. The fraction of sp³-hybridized carbons (Fsp3) is 0.550. The summed E-state index contributed by atoms with van der Waals surface area (Å²) in [7, 11) is 0. The molecule has 1 aromatic rings. The molecule has 27 heavy (non-hydrogen) atoms. The van der Waals surface area contributed by atoms with Crippen LogP contribution < -0.4 is 16.0 Å². The summed E-state index contributed by atoms with van der Waals surface area (Å²) < 4.78 is 0. The molecular weight excluding hydrogens is 344 g/mol. The van der Waals surface area contributed by atoms with Crippen molar-refractivity contribution in [1.29, 1.82) is 0 Å². The molecule has 3 N–H and O–H groups in total. The van der Waals surface area contributed by atoms with Gasteiger partial charge in [-0.2, -0.15) is 0 Å². The maximum Gasteiger partial charge on any atom is 0.318 e. The van der Waals surface area contributed by atoms with E-state index in [0.29, 0.717) is 32.5 Å². The van der Waals surface area contributed by atoms with Gasteiger partial charge in [0.1, 0.15) is 6.54 Å². The lowest BCUT2D eigenvalue weighted by molar-refractivity contribution is -0.125. The SMILES string of the molecule is CCCNC(=O)[C@H]1C[C@@H]2CN(C(=O)NCc3ccccc3)CC(=O)N[C@@H]2C1. The molecule has 7 heteroatoms. The van der Waals surface area contributed by atoms with Crippen LogP contribution in [0.3, 0.4) is 0 Å². The van der Waals surface area contributed by atoms with Gasteiger partial charge in [0, 0.05) is 31.6 Å². The summed E-state index contributed by atoms with van der Waals surface area (Å²) in [6.07, 6.45) is 2.24. The number of benzene rings is 1. The smallest absolute Gasteiger partial charge is 0.318 e. The average molecular weight is 372 g/mol. The van der Waals surface area contributed by atoms with E-state index in [9.17, 15) is 14.4 Å². The van der Waals surface area contributed by atoms with Crippen molar-refractivity contribution in [1.82, 2.24) is 20.9 Å². The summed E-state index contributed by atoms with van der Waals surface area (Å²) in [6, 6.07) is 9.39. The van der Waals surface area contributed by atoms with Crippen molar-refractivity contribution in [3.8, 4) is 0 Å². The normalized spacial score (nSPS) is 24.6. The number of amides is 4. The monoisotopic (exact) mass is 372 g/mol. The van der Waals surface area contributed by atoms with Gasteiger partial charge < -0.3 is 20.9 Å². The van der Waals surface area contributed by atoms with Gasteiger partial charge >= 0.3 is 6.03 Å². The Balaban J connectivity index is 1.58. The second kappa shape index (κ2) is 8.88. The van der Waals surface area contributed by atoms with Crippen LogP contribution in [0.15, 0.2) is 30.3 Å². The lowest BCUT2D eigenvalue weighted by atomic mass is 10.0. The van der Waals surface area contributed by atoms with Crippen molar-refractivity contribution in [3.05, 3.63) is 35.9 Å². The Hall–Kier alpha value is -2.57. The first-order valence-electron chi connectivity index (χ1n) is 9.70. The van der Waals surface area contributed by atoms with Crippen molar-refractivity contribution in [2.24, 2.45) is 11.8 Å². The second-order valence-electron chi connectivity index (χ2n) is 7.42. The van der Waals surface area contributed by atoms with Gasteiger partial charge in [0.2, 0.25) is 11.8 Å². The minimum Gasteiger partial charge on any atom is -0.356 e. The number of urea groups is 1. The number of nitrogens with zero attached hydrogens (tertiary/aromatic N) is 1. The zero-order valence-electron chi connectivity index (χ0n) is 15.7. The molecule has 3 rings (SSSR count). The molecule has 0 unspecified atom stereocenters. The Morgan fingerprint density at radius 1 is 1.19 bits per heavy atom. The van der Waals surface area contributed by atoms with Crippen molar-refractivity contribution >= 4 is 17.8 Å². The highest BCUT2D eigenvalue weighted by Crippen LogP contribution is 2.33. The van der Waals surface area contributed by atoms with Crippen molar-refractivity contribution in [3.63, 3.8) is 0 Å². The van der Waals surface area contributed by atoms with Crippen molar-refractivity contribution in [2.45, 2.75) is 38.8 Å². The van der Waals surface area contributed by atoms with Crippen LogP contribution in [-0.2, 0) is 16.1 Å². The summed E-state index contributed by atoms with van der Waals surface area (Å²) in [4.78, 5) is 38.6. The maximum atomic E-state index is 12.6. The number of hydrogen-bond donors (Lipinski definition) is 3. The van der Waals surface area contributed by atoms with E-state index >= 15 is 0 Å². The Morgan fingerprint density at radius 2 is 1.96 bits per heavy atom. The first-order chi connectivity index (χ1) is 13.1. The Bertz CT molecular complexity index is 679. The number of carbonyl (C=O) groups excluding carboxylic acids is 3. The molecule has 4 amide bonds. The number of nitrogens with one attached hydrogen (secondary N) is 3. The third-order valence-electron chi connectivity index (χ3n) is 5.32. The lowest BCUT2D eigenvalue weighted by Crippen LogP contribution is -2.44. The zero-order valence-corrected chi connectivity index (χ0v) is 15.7. The van der Waals surface area contributed by atoms with Crippen molar-refractivity contribution in [2.75, 3.05) is 19.6 Å². The summed E-state index contributed by atoms with van der Waals surface area (Å²) in [6.45, 7) is 3.66. The Labute approximate surface area is 159 Å². The molecule has 1 saturated heterocycles. The molecule has 0 bridgehead atoms. The summed E-state index contributed by atoms with van der Waals surface area (Å²) in [5.41, 5.74) is 1.01. The zero-order chi connectivity index (χ0) is 19.2. The Morgan fingerprint density at radius 3 is 2.70 bits per heavy atom. The van der Waals surface area contributed by atoms with E-state index in [0.717, 1.165) is 12.0 Å². The van der Waals surface area contributed by atoms with Crippen LogP contribution in [0.25, 0.3) is 0 Å². The number of fused-ring (bicyclic) bond motifs is 1. The Kier molecular flexibility index (Phi) is 6.32. The predicted molar refractivity (Wildman–Crippen MR) is 102 cm³/mol. The van der Waals surface area contributed by atoms with Crippen LogP contribution >= 0.6 is 0 Å². The molecule has 1 heterocycles. The van der Waals surface area contributed by atoms with E-state index in [4.69, 9.17) is 0 Å². The fourth-order valence-corrected chi connectivity index (χ4v) is 3.92. The molecule has 0 radical (unpaired) electrons. The minimum atomic E-state index is -0.242. The number of carbonyl (C=O) groups is 3. The van der Waals surface area contributed by atoms with Crippen LogP contribution in [0.2, 0.25) is 0 Å². The van der Waals surface area contributed by atoms with E-state index < -0.39 is 0 Å². The van der Waals surface area contributed by atoms with Crippen LogP contribution in [0.5, 0.6) is 0 Å². The van der Waals surface area contributed by atoms with Gasteiger partial charge in [0.15, 0.2) is 0 Å². The first kappa shape index (κ1) is 19.2. The molecule has 1 saturated carbocycles. The van der Waals surface area contributed by atoms with E-state index in [1.165, 1.54) is 0 Å². The summed E-state index contributed by atoms with van der Waals surface area (Å²) >= 11 is 0. The highest BCUT2D eigenvalue weighted by atomic mass is 16.2. The van der Waals surface area contributed by atoms with E-state index in [2.05, 4.69) is 16.0 Å². The minimum absolute atomic E-state index is 0.0400. The molecule has 7 nitrogen and oxygen atoms in total. The highest BCUT2D eigenvalue weighted by molar-refractivity contribution is 5.85. The van der Waals surface area contributed by atoms with E-state index in [1.54, 1.807) is 4.90 Å². The lowest BCUT2D eigenvalue weighted by Gasteiger charge is -2.23. The van der Waals surface area contributed by atoms with Gasteiger partial charge in [-0.3, -0.25) is 9.59 Å². The van der Waals surface area contributed by atoms with Crippen LogP contribution in [0, 0.1) is 11.8 Å². The van der Waals surface area contributed by atoms with Gasteiger partial charge in [-0.15, -0.1) is 0 Å². The largest absolute Gasteiger partial charge is 0.356 e. The molecule has 0 spiro atoms. The molecule has 1 aliphatic carbocycles. The summed E-state index contributed by atoms with van der Waals surface area (Å²) in [5.74, 6) is -0.0956. The van der Waals surface area contributed by atoms with E-state index in [-0.39, 0.29) is 42.3 Å². The number of hydrogen-bond acceptors (Lipinski definition) is 3. The topological polar surface area (TPSA) is 90.5 Å². The van der Waals surface area contributed by atoms with Gasteiger partial charge in [-0.1, -0.05) is 37.3 Å². The third kappa shape index (κ3) is 4.99. The molecule has 0 aromatic heterocycles. The third-order valence-corrected chi connectivity index (χ3v) is 5.32. The molecule has 1 aliphatic heterocycles. The molecule has 1 aromatic carbocycles. The van der Waals surface area contributed by atoms with Crippen LogP contribution in [0.1, 0.15) is 31.7 Å². The highest BCUT2D eigenvalue weighted by Gasteiger charge is 2.42.